The van der Waals surface area contributed by atoms with Crippen LogP contribution in [0.4, 0.5) is 0 Å². The number of hydrogen-bond acceptors (Lipinski definition) is 2. The predicted molar refractivity (Wildman–Crippen MR) is 124 cm³/mol. The second kappa shape index (κ2) is 7.21. The Kier molecular flexibility index (Phi) is 4.98. The van der Waals surface area contributed by atoms with Gasteiger partial charge in [-0.05, 0) is 64.1 Å². The zero-order valence-electron chi connectivity index (χ0n) is 17.2. The first-order chi connectivity index (χ1) is 13.7. The smallest absolute Gasteiger partial charge is 0.309 e. The van der Waals surface area contributed by atoms with Gasteiger partial charge in [-0.1, -0.05) is 47.4 Å². The lowest BCUT2D eigenvalue weighted by Gasteiger charge is -2.37. The highest BCUT2D eigenvalue weighted by atomic mass is 35.5. The van der Waals surface area contributed by atoms with Crippen LogP contribution in [0.1, 0.15) is 27.7 Å². The highest BCUT2D eigenvalue weighted by Crippen LogP contribution is 2.33. The number of aromatic nitrogens is 1. The minimum absolute atomic E-state index is 0.422. The molecule has 0 spiro atoms. The van der Waals surface area contributed by atoms with Crippen molar-refractivity contribution in [2.45, 2.75) is 38.9 Å². The Balaban J connectivity index is 1.83. The maximum Gasteiger partial charge on any atom is 0.309 e. The van der Waals surface area contributed by atoms with Crippen LogP contribution in [0.3, 0.4) is 0 Å². The lowest BCUT2D eigenvalue weighted by atomic mass is 9.82. The molecule has 0 radical (unpaired) electrons. The Morgan fingerprint density at radius 1 is 0.862 bits per heavy atom. The Labute approximate surface area is 177 Å². The Morgan fingerprint density at radius 2 is 1.48 bits per heavy atom. The first-order valence-electron chi connectivity index (χ1n) is 9.82. The van der Waals surface area contributed by atoms with E-state index >= 15 is 0 Å². The number of fused-ring (bicyclic) bond motifs is 3. The van der Waals surface area contributed by atoms with Gasteiger partial charge in [-0.2, -0.15) is 0 Å². The zero-order chi connectivity index (χ0) is 20.8. The highest BCUT2D eigenvalue weighted by molar-refractivity contribution is 6.47. The fourth-order valence-electron chi connectivity index (χ4n) is 3.43. The third kappa shape index (κ3) is 3.68. The van der Waals surface area contributed by atoms with Crippen LogP contribution in [0.5, 0.6) is 0 Å². The van der Waals surface area contributed by atoms with Gasteiger partial charge >= 0.3 is 7.48 Å². The van der Waals surface area contributed by atoms with Crippen molar-refractivity contribution >= 4 is 46.4 Å². The predicted octanol–water partition coefficient (Wildman–Crippen LogP) is 4.98. The van der Waals surface area contributed by atoms with E-state index in [-0.39, 0.29) is 0 Å². The first-order valence-corrected chi connectivity index (χ1v) is 10.2. The van der Waals surface area contributed by atoms with Crippen molar-refractivity contribution in [1.29, 1.82) is 0 Å². The van der Waals surface area contributed by atoms with Crippen LogP contribution in [0, 0.1) is 0 Å². The SMILES string of the molecule is CC(C)(O)C(C)(C)OBc1ccc2c(c1)c1cc(Cl)ccc1n2-c1ccccc1. The molecule has 1 heterocycles. The average Bonchev–Trinajstić information content (AvgIpc) is 2.99. The molecular weight excluding hydrogens is 381 g/mol. The fraction of sp³-hybridized carbons (Fsp3) is 0.250. The third-order valence-corrected chi connectivity index (χ3v) is 6.11. The minimum Gasteiger partial charge on any atom is -0.427 e. The Bertz CT molecular complexity index is 1180. The molecule has 0 atom stereocenters. The van der Waals surface area contributed by atoms with Crippen LogP contribution >= 0.6 is 11.6 Å². The van der Waals surface area contributed by atoms with Gasteiger partial charge in [0.05, 0.1) is 22.2 Å². The molecule has 4 aromatic rings. The lowest BCUT2D eigenvalue weighted by Crippen LogP contribution is -2.49. The molecule has 0 aliphatic carbocycles. The molecular formula is C24H25BClNO2. The second-order valence-electron chi connectivity index (χ2n) is 8.54. The van der Waals surface area contributed by atoms with Crippen LogP contribution in [0.25, 0.3) is 27.5 Å². The topological polar surface area (TPSA) is 34.4 Å². The molecule has 0 saturated heterocycles. The van der Waals surface area contributed by atoms with Gasteiger partial charge in [-0.3, -0.25) is 0 Å². The fourth-order valence-corrected chi connectivity index (χ4v) is 3.60. The van der Waals surface area contributed by atoms with E-state index in [1.54, 1.807) is 13.8 Å². The maximum absolute atomic E-state index is 10.4. The number of nitrogens with zero attached hydrogens (tertiary/aromatic N) is 1. The van der Waals surface area contributed by atoms with Crippen LogP contribution < -0.4 is 5.46 Å². The van der Waals surface area contributed by atoms with Crippen molar-refractivity contribution in [3.8, 4) is 5.69 Å². The highest BCUT2D eigenvalue weighted by Gasteiger charge is 2.35. The van der Waals surface area contributed by atoms with Gasteiger partial charge in [-0.15, -0.1) is 0 Å². The van der Waals surface area contributed by atoms with Gasteiger partial charge in [0.2, 0.25) is 0 Å². The molecule has 0 saturated carbocycles. The van der Waals surface area contributed by atoms with E-state index in [2.05, 4.69) is 41.0 Å². The summed E-state index contributed by atoms with van der Waals surface area (Å²) in [5, 5.41) is 13.3. The summed E-state index contributed by atoms with van der Waals surface area (Å²) in [4.78, 5) is 0. The monoisotopic (exact) mass is 405 g/mol. The molecule has 148 valence electrons. The Hall–Kier alpha value is -2.27. The van der Waals surface area contributed by atoms with E-state index in [0.29, 0.717) is 7.48 Å². The van der Waals surface area contributed by atoms with Crippen molar-refractivity contribution < 1.29 is 9.76 Å². The summed E-state index contributed by atoms with van der Waals surface area (Å²) in [6.45, 7) is 7.36. The van der Waals surface area contributed by atoms with Crippen LogP contribution in [-0.4, -0.2) is 28.4 Å². The van der Waals surface area contributed by atoms with Crippen LogP contribution in [0.15, 0.2) is 66.7 Å². The van der Waals surface area contributed by atoms with E-state index in [1.165, 1.54) is 0 Å². The van der Waals surface area contributed by atoms with Crippen molar-refractivity contribution in [3.63, 3.8) is 0 Å². The van der Waals surface area contributed by atoms with Gasteiger partial charge in [0.15, 0.2) is 0 Å². The maximum atomic E-state index is 10.4. The van der Waals surface area contributed by atoms with Gasteiger partial charge in [0.1, 0.15) is 0 Å². The molecule has 1 N–H and O–H groups in total. The van der Waals surface area contributed by atoms with Crippen LogP contribution in [0.2, 0.25) is 5.02 Å². The number of para-hydroxylation sites is 1. The molecule has 0 aliphatic rings. The molecule has 5 heteroatoms. The molecule has 29 heavy (non-hydrogen) atoms. The molecule has 4 rings (SSSR count). The minimum atomic E-state index is -0.937. The van der Waals surface area contributed by atoms with Gasteiger partial charge in [0.25, 0.3) is 0 Å². The number of benzene rings is 3. The molecule has 1 aromatic heterocycles. The first kappa shape index (κ1) is 20.0. The van der Waals surface area contributed by atoms with E-state index < -0.39 is 11.2 Å². The number of hydrogen-bond donors (Lipinski definition) is 1. The molecule has 0 fully saturated rings. The molecule has 0 aliphatic heterocycles. The molecule has 3 aromatic carbocycles. The Morgan fingerprint density at radius 3 is 2.14 bits per heavy atom. The van der Waals surface area contributed by atoms with Crippen molar-refractivity contribution in [2.24, 2.45) is 0 Å². The standard InChI is InChI=1S/C24H25BClNO2/c1-23(2,28)24(3,4)29-25-16-10-12-21-19(14-16)20-15-17(26)11-13-22(20)27(21)18-8-6-5-7-9-18/h5-15,25,28H,1-4H3. The average molecular weight is 406 g/mol. The van der Waals surface area contributed by atoms with E-state index in [1.807, 2.05) is 44.2 Å². The van der Waals surface area contributed by atoms with E-state index in [4.69, 9.17) is 16.3 Å². The summed E-state index contributed by atoms with van der Waals surface area (Å²) >= 11 is 6.32. The molecule has 0 bridgehead atoms. The normalized spacial score (nSPS) is 12.6. The number of halogens is 1. The summed E-state index contributed by atoms with van der Waals surface area (Å²) in [5.41, 5.74) is 2.81. The quantitative estimate of drug-likeness (QED) is 0.475. The van der Waals surface area contributed by atoms with E-state index in [0.717, 1.165) is 38.0 Å². The summed E-state index contributed by atoms with van der Waals surface area (Å²) in [6, 6.07) is 22.7. The number of rotatable bonds is 5. The number of aliphatic hydroxyl groups is 1. The third-order valence-electron chi connectivity index (χ3n) is 5.88. The van der Waals surface area contributed by atoms with Crippen molar-refractivity contribution in [2.75, 3.05) is 0 Å². The summed E-state index contributed by atoms with van der Waals surface area (Å²) < 4.78 is 8.33. The van der Waals surface area contributed by atoms with Crippen molar-refractivity contribution in [3.05, 3.63) is 71.8 Å². The van der Waals surface area contributed by atoms with Gasteiger partial charge < -0.3 is 14.3 Å². The summed E-state index contributed by atoms with van der Waals surface area (Å²) in [7, 11) is 0.422. The van der Waals surface area contributed by atoms with Gasteiger partial charge in [0, 0.05) is 21.5 Å². The zero-order valence-corrected chi connectivity index (χ0v) is 18.0. The van der Waals surface area contributed by atoms with Crippen molar-refractivity contribution in [1.82, 2.24) is 4.57 Å². The molecule has 0 amide bonds. The molecule has 0 unspecified atom stereocenters. The largest absolute Gasteiger partial charge is 0.427 e. The second-order valence-corrected chi connectivity index (χ2v) is 8.98. The van der Waals surface area contributed by atoms with E-state index in [9.17, 15) is 5.11 Å². The summed E-state index contributed by atoms with van der Waals surface area (Å²) in [5.74, 6) is 0. The van der Waals surface area contributed by atoms with Gasteiger partial charge in [-0.25, -0.2) is 0 Å². The summed E-state index contributed by atoms with van der Waals surface area (Å²) in [6.07, 6.45) is 0. The lowest BCUT2D eigenvalue weighted by molar-refractivity contribution is -0.0893. The van der Waals surface area contributed by atoms with Crippen LogP contribution in [-0.2, 0) is 4.65 Å². The molecule has 3 nitrogen and oxygen atoms in total.